The largest absolute Gasteiger partial charge is 0.298 e. The van der Waals surface area contributed by atoms with Gasteiger partial charge in [-0.3, -0.25) is 4.79 Å². The maximum Gasteiger partial charge on any atom is 0.295 e. The molecule has 1 nitrogen and oxygen atoms in total. The molecule has 0 saturated heterocycles. The lowest BCUT2D eigenvalue weighted by molar-refractivity contribution is -0.135. The van der Waals surface area contributed by atoms with Crippen molar-refractivity contribution in [2.75, 3.05) is 0 Å². The van der Waals surface area contributed by atoms with E-state index in [2.05, 4.69) is 0 Å². The molecule has 16 heavy (non-hydrogen) atoms. The predicted molar refractivity (Wildman–Crippen MR) is 40.9 cm³/mol. The van der Waals surface area contributed by atoms with E-state index in [9.17, 15) is 31.1 Å². The fourth-order valence-electron chi connectivity index (χ4n) is 2.03. The van der Waals surface area contributed by atoms with Crippen molar-refractivity contribution < 1.29 is 31.1 Å². The lowest BCUT2D eigenvalue weighted by atomic mass is 9.89. The Hall–Kier alpha value is -0.750. The smallest absolute Gasteiger partial charge is 0.295 e. The molecule has 7 heteroatoms. The predicted octanol–water partition coefficient (Wildman–Crippen LogP) is 2.54. The van der Waals surface area contributed by atoms with Gasteiger partial charge in [-0.2, -0.15) is 0 Å². The van der Waals surface area contributed by atoms with E-state index in [4.69, 9.17) is 0 Å². The number of Topliss-reactive ketones (excluding diaryl/α,β-unsaturated/α-hetero) is 1. The molecule has 0 aromatic heterocycles. The zero-order valence-electron chi connectivity index (χ0n) is 8.33. The first-order valence-corrected chi connectivity index (χ1v) is 4.55. The van der Waals surface area contributed by atoms with Gasteiger partial charge >= 0.3 is 0 Å². The third kappa shape index (κ3) is 0.820. The Balaban J connectivity index is 2.31. The lowest BCUT2D eigenvalue weighted by Crippen LogP contribution is -2.31. The standard InChI is InChI=1S/C9H8F6O/c1-6(3(10)8(6,12)13)5(16)7(2)4(11)9(7,14)15/h3-4H,1-2H3. The Kier molecular flexibility index (Phi) is 1.76. The van der Waals surface area contributed by atoms with Crippen LogP contribution in [-0.4, -0.2) is 30.0 Å². The van der Waals surface area contributed by atoms with Crippen molar-refractivity contribution in [2.45, 2.75) is 38.0 Å². The molecule has 0 N–H and O–H groups in total. The number of halogens is 6. The summed E-state index contributed by atoms with van der Waals surface area (Å²) in [5.74, 6) is -9.70. The van der Waals surface area contributed by atoms with E-state index in [0.717, 1.165) is 0 Å². The van der Waals surface area contributed by atoms with Crippen LogP contribution in [0, 0.1) is 10.8 Å². The minimum absolute atomic E-state index is 0.548. The minimum atomic E-state index is -3.98. The molecular formula is C9H8F6O. The van der Waals surface area contributed by atoms with Crippen LogP contribution in [-0.2, 0) is 4.79 Å². The Labute approximate surface area is 86.8 Å². The van der Waals surface area contributed by atoms with Gasteiger partial charge in [0.15, 0.2) is 18.1 Å². The summed E-state index contributed by atoms with van der Waals surface area (Å²) in [6, 6.07) is 0. The molecule has 2 aliphatic rings. The number of hydrogen-bond donors (Lipinski definition) is 0. The summed E-state index contributed by atoms with van der Waals surface area (Å²) in [4.78, 5) is 11.4. The van der Waals surface area contributed by atoms with Crippen LogP contribution in [0.25, 0.3) is 0 Å². The van der Waals surface area contributed by atoms with Crippen LogP contribution < -0.4 is 0 Å². The second kappa shape index (κ2) is 2.41. The van der Waals surface area contributed by atoms with Gasteiger partial charge in [0, 0.05) is 0 Å². The number of rotatable bonds is 2. The van der Waals surface area contributed by atoms with E-state index < -0.39 is 40.8 Å². The molecule has 0 aromatic carbocycles. The third-order valence-corrected chi connectivity index (χ3v) is 3.81. The second-order valence-corrected chi connectivity index (χ2v) is 4.70. The summed E-state index contributed by atoms with van der Waals surface area (Å²) in [6.07, 6.45) is -5.62. The van der Waals surface area contributed by atoms with Crippen molar-refractivity contribution in [1.82, 2.24) is 0 Å². The zero-order valence-corrected chi connectivity index (χ0v) is 8.33. The topological polar surface area (TPSA) is 17.1 Å². The number of carbonyl (C=O) groups excluding carboxylic acids is 1. The molecule has 0 radical (unpaired) electrons. The molecule has 0 spiro atoms. The highest BCUT2D eigenvalue weighted by Crippen LogP contribution is 2.72. The normalized spacial score (nSPS) is 52.2. The van der Waals surface area contributed by atoms with Crippen molar-refractivity contribution in [2.24, 2.45) is 10.8 Å². The second-order valence-electron chi connectivity index (χ2n) is 4.70. The van der Waals surface area contributed by atoms with E-state index >= 15 is 0 Å². The Morgan fingerprint density at radius 3 is 1.19 bits per heavy atom. The van der Waals surface area contributed by atoms with Crippen LogP contribution in [0.3, 0.4) is 0 Å². The maximum absolute atomic E-state index is 12.8. The molecular weight excluding hydrogens is 238 g/mol. The van der Waals surface area contributed by atoms with Gasteiger partial charge in [0.1, 0.15) is 10.8 Å². The average Bonchev–Trinajstić information content (AvgIpc) is 2.77. The molecule has 2 saturated carbocycles. The fraction of sp³-hybridized carbons (Fsp3) is 0.889. The maximum atomic E-state index is 12.8. The Bertz CT molecular complexity index is 346. The van der Waals surface area contributed by atoms with E-state index in [1.54, 1.807) is 0 Å². The van der Waals surface area contributed by atoms with E-state index in [1.807, 2.05) is 0 Å². The fourth-order valence-corrected chi connectivity index (χ4v) is 2.03. The van der Waals surface area contributed by atoms with Crippen LogP contribution in [0.15, 0.2) is 0 Å². The van der Waals surface area contributed by atoms with E-state index in [-0.39, 0.29) is 0 Å². The van der Waals surface area contributed by atoms with Gasteiger partial charge in [-0.1, -0.05) is 0 Å². The number of hydrogen-bond acceptors (Lipinski definition) is 1. The van der Waals surface area contributed by atoms with Gasteiger partial charge < -0.3 is 0 Å². The first-order chi connectivity index (χ1) is 6.96. The van der Waals surface area contributed by atoms with Gasteiger partial charge in [-0.15, -0.1) is 0 Å². The summed E-state index contributed by atoms with van der Waals surface area (Å²) in [7, 11) is 0. The molecule has 4 unspecified atom stereocenters. The summed E-state index contributed by atoms with van der Waals surface area (Å²) in [5, 5.41) is 0. The first-order valence-electron chi connectivity index (χ1n) is 4.55. The number of carbonyl (C=O) groups is 1. The van der Waals surface area contributed by atoms with Crippen molar-refractivity contribution in [3.63, 3.8) is 0 Å². The van der Waals surface area contributed by atoms with Gasteiger partial charge in [-0.25, -0.2) is 26.3 Å². The van der Waals surface area contributed by atoms with Crippen LogP contribution >= 0.6 is 0 Å². The molecule has 92 valence electrons. The molecule has 2 fully saturated rings. The molecule has 0 amide bonds. The molecule has 0 aliphatic heterocycles. The first kappa shape index (κ1) is 11.7. The Morgan fingerprint density at radius 1 is 0.875 bits per heavy atom. The monoisotopic (exact) mass is 246 g/mol. The SMILES string of the molecule is CC1(C(=O)C2(C)C(F)C2(F)F)C(F)C1(F)F. The average molecular weight is 246 g/mol. The quantitative estimate of drug-likeness (QED) is 0.684. The molecule has 2 aliphatic carbocycles. The van der Waals surface area contributed by atoms with Crippen molar-refractivity contribution in [1.29, 1.82) is 0 Å². The highest BCUT2D eigenvalue weighted by atomic mass is 19.3. The number of ketones is 1. The summed E-state index contributed by atoms with van der Waals surface area (Å²) in [6.45, 7) is 1.10. The summed E-state index contributed by atoms with van der Waals surface area (Å²) in [5.41, 5.74) is -5.63. The highest BCUT2D eigenvalue weighted by molar-refractivity contribution is 5.99. The lowest BCUT2D eigenvalue weighted by Gasteiger charge is -2.13. The highest BCUT2D eigenvalue weighted by Gasteiger charge is 2.93. The van der Waals surface area contributed by atoms with Gasteiger partial charge in [0.05, 0.1) is 0 Å². The summed E-state index contributed by atoms with van der Waals surface area (Å²) >= 11 is 0. The molecule has 2 rings (SSSR count). The van der Waals surface area contributed by atoms with Crippen molar-refractivity contribution >= 4 is 5.78 Å². The van der Waals surface area contributed by atoms with Crippen LogP contribution in [0.1, 0.15) is 13.8 Å². The Morgan fingerprint density at radius 2 is 1.06 bits per heavy atom. The van der Waals surface area contributed by atoms with Crippen LogP contribution in [0.5, 0.6) is 0 Å². The molecule has 0 aromatic rings. The van der Waals surface area contributed by atoms with Gasteiger partial charge in [0.2, 0.25) is 0 Å². The molecule has 0 heterocycles. The van der Waals surface area contributed by atoms with Gasteiger partial charge in [0.25, 0.3) is 11.8 Å². The van der Waals surface area contributed by atoms with E-state index in [0.29, 0.717) is 13.8 Å². The summed E-state index contributed by atoms with van der Waals surface area (Å²) < 4.78 is 76.8. The van der Waals surface area contributed by atoms with E-state index in [1.165, 1.54) is 0 Å². The zero-order chi connectivity index (χ0) is 12.7. The molecule has 0 bridgehead atoms. The van der Waals surface area contributed by atoms with Crippen molar-refractivity contribution in [3.8, 4) is 0 Å². The third-order valence-electron chi connectivity index (χ3n) is 3.81. The van der Waals surface area contributed by atoms with Crippen molar-refractivity contribution in [3.05, 3.63) is 0 Å². The minimum Gasteiger partial charge on any atom is -0.298 e. The van der Waals surface area contributed by atoms with Gasteiger partial charge in [-0.05, 0) is 13.8 Å². The number of alkyl halides is 6. The van der Waals surface area contributed by atoms with Crippen LogP contribution in [0.4, 0.5) is 26.3 Å². The molecule has 4 atom stereocenters. The van der Waals surface area contributed by atoms with Crippen LogP contribution in [0.2, 0.25) is 0 Å².